The number of amides is 1. The number of rotatable bonds is 3. The van der Waals surface area contributed by atoms with Crippen LogP contribution in [-0.4, -0.2) is 74.5 Å². The van der Waals surface area contributed by atoms with Gasteiger partial charge in [0.1, 0.15) is 6.33 Å². The van der Waals surface area contributed by atoms with E-state index in [0.29, 0.717) is 43.2 Å². The van der Waals surface area contributed by atoms with Gasteiger partial charge in [0.25, 0.3) is 0 Å². The molecule has 1 aromatic carbocycles. The molecule has 0 N–H and O–H groups in total. The van der Waals surface area contributed by atoms with Gasteiger partial charge in [-0.1, -0.05) is 23.4 Å². The van der Waals surface area contributed by atoms with Gasteiger partial charge >= 0.3 is 11.9 Å². The van der Waals surface area contributed by atoms with E-state index in [4.69, 9.17) is 4.74 Å². The zero-order chi connectivity index (χ0) is 19.5. The Bertz CT molecular complexity index is 997. The van der Waals surface area contributed by atoms with Crippen molar-refractivity contribution in [2.75, 3.05) is 37.7 Å². The summed E-state index contributed by atoms with van der Waals surface area (Å²) < 4.78 is 6.45. The van der Waals surface area contributed by atoms with E-state index in [0.717, 1.165) is 5.69 Å². The summed E-state index contributed by atoms with van der Waals surface area (Å²) in [6, 6.07) is 9.63. The number of hydrogen-bond acceptors (Lipinski definition) is 8. The molecule has 10 nitrogen and oxygen atoms in total. The Morgan fingerprint density at radius 2 is 1.82 bits per heavy atom. The molecular weight excluding hydrogens is 362 g/mol. The van der Waals surface area contributed by atoms with Crippen molar-refractivity contribution >= 4 is 28.9 Å². The molecule has 0 atom stereocenters. The second-order valence-electron chi connectivity index (χ2n) is 6.21. The summed E-state index contributed by atoms with van der Waals surface area (Å²) in [7, 11) is 0. The van der Waals surface area contributed by atoms with Gasteiger partial charge in [-0.15, -0.1) is 5.10 Å². The quantitative estimate of drug-likeness (QED) is 0.475. The van der Waals surface area contributed by atoms with Crippen molar-refractivity contribution in [2.24, 2.45) is 0 Å². The average Bonchev–Trinajstić information content (AvgIpc) is 3.18. The molecule has 1 fully saturated rings. The summed E-state index contributed by atoms with van der Waals surface area (Å²) in [6.07, 6.45) is 1.48. The molecule has 0 spiro atoms. The van der Waals surface area contributed by atoms with Crippen molar-refractivity contribution in [3.8, 4) is 5.69 Å². The standard InChI is InChI=1S/C18H19N7O3/c1-2-28-18(27)17(26)24-10-8-23(9-11-24)15-14-16(20-12-19-15)25(22-21-14)13-6-4-3-5-7-13/h3-7,12H,2,8-11H2,1H3. The van der Waals surface area contributed by atoms with Gasteiger partial charge in [0.05, 0.1) is 12.3 Å². The number of carbonyl (C=O) groups is 2. The number of anilines is 1. The van der Waals surface area contributed by atoms with Gasteiger partial charge in [-0.25, -0.2) is 14.8 Å². The topological polar surface area (TPSA) is 106 Å². The highest BCUT2D eigenvalue weighted by Crippen LogP contribution is 2.23. The summed E-state index contributed by atoms with van der Waals surface area (Å²) in [6.45, 7) is 3.70. The van der Waals surface area contributed by atoms with Crippen molar-refractivity contribution in [1.82, 2.24) is 29.9 Å². The fraction of sp³-hybridized carbons (Fsp3) is 0.333. The van der Waals surface area contributed by atoms with E-state index >= 15 is 0 Å². The SMILES string of the molecule is CCOC(=O)C(=O)N1CCN(c2ncnc3c2nnn3-c2ccccc2)CC1. The lowest BCUT2D eigenvalue weighted by Crippen LogP contribution is -2.51. The molecule has 1 saturated heterocycles. The number of fused-ring (bicyclic) bond motifs is 1. The van der Waals surface area contributed by atoms with Crippen molar-refractivity contribution < 1.29 is 14.3 Å². The van der Waals surface area contributed by atoms with Crippen LogP contribution in [0.4, 0.5) is 5.82 Å². The number of hydrogen-bond donors (Lipinski definition) is 0. The lowest BCUT2D eigenvalue weighted by molar-refractivity contribution is -0.160. The van der Waals surface area contributed by atoms with E-state index in [9.17, 15) is 9.59 Å². The Balaban J connectivity index is 1.54. The fourth-order valence-corrected chi connectivity index (χ4v) is 3.15. The van der Waals surface area contributed by atoms with Gasteiger partial charge in [-0.05, 0) is 19.1 Å². The smallest absolute Gasteiger partial charge is 0.397 e. The van der Waals surface area contributed by atoms with E-state index in [2.05, 4.69) is 20.3 Å². The Hall–Kier alpha value is -3.56. The Labute approximate surface area is 160 Å². The monoisotopic (exact) mass is 381 g/mol. The van der Waals surface area contributed by atoms with Crippen molar-refractivity contribution in [3.63, 3.8) is 0 Å². The number of aromatic nitrogens is 5. The highest BCUT2D eigenvalue weighted by Gasteiger charge is 2.28. The highest BCUT2D eigenvalue weighted by atomic mass is 16.5. The minimum atomic E-state index is -0.814. The summed E-state index contributed by atoms with van der Waals surface area (Å²) in [5, 5.41) is 8.49. The van der Waals surface area contributed by atoms with Crippen LogP contribution >= 0.6 is 0 Å². The third-order valence-corrected chi connectivity index (χ3v) is 4.54. The molecule has 0 radical (unpaired) electrons. The second kappa shape index (κ2) is 7.59. The number of benzene rings is 1. The summed E-state index contributed by atoms with van der Waals surface area (Å²) >= 11 is 0. The number of nitrogens with zero attached hydrogens (tertiary/aromatic N) is 7. The molecule has 1 aliphatic rings. The lowest BCUT2D eigenvalue weighted by atomic mass is 10.3. The Morgan fingerprint density at radius 3 is 2.54 bits per heavy atom. The third-order valence-electron chi connectivity index (χ3n) is 4.54. The van der Waals surface area contributed by atoms with E-state index in [1.54, 1.807) is 11.6 Å². The molecule has 2 aromatic heterocycles. The van der Waals surface area contributed by atoms with Crippen LogP contribution in [0.1, 0.15) is 6.92 Å². The van der Waals surface area contributed by atoms with Gasteiger partial charge in [-0.2, -0.15) is 4.68 Å². The van der Waals surface area contributed by atoms with E-state index < -0.39 is 11.9 Å². The number of para-hydroxylation sites is 1. The van der Waals surface area contributed by atoms with E-state index in [-0.39, 0.29) is 6.61 Å². The summed E-state index contributed by atoms with van der Waals surface area (Å²) in [4.78, 5) is 35.9. The largest absolute Gasteiger partial charge is 0.459 e. The van der Waals surface area contributed by atoms with Crippen LogP contribution in [-0.2, 0) is 14.3 Å². The van der Waals surface area contributed by atoms with Crippen molar-refractivity contribution in [1.29, 1.82) is 0 Å². The van der Waals surface area contributed by atoms with E-state index in [1.165, 1.54) is 11.2 Å². The van der Waals surface area contributed by atoms with Crippen molar-refractivity contribution in [3.05, 3.63) is 36.7 Å². The van der Waals surface area contributed by atoms with Crippen LogP contribution in [0, 0.1) is 0 Å². The number of carbonyl (C=O) groups excluding carboxylic acids is 2. The molecule has 0 saturated carbocycles. The average molecular weight is 381 g/mol. The second-order valence-corrected chi connectivity index (χ2v) is 6.21. The number of piperazine rings is 1. The third kappa shape index (κ3) is 3.24. The Kier molecular flexibility index (Phi) is 4.83. The number of esters is 1. The van der Waals surface area contributed by atoms with Crippen LogP contribution < -0.4 is 4.90 Å². The molecule has 3 heterocycles. The molecule has 0 bridgehead atoms. The van der Waals surface area contributed by atoms with Crippen LogP contribution in [0.2, 0.25) is 0 Å². The molecule has 144 valence electrons. The molecule has 3 aromatic rings. The van der Waals surface area contributed by atoms with Crippen LogP contribution in [0.3, 0.4) is 0 Å². The molecule has 10 heteroatoms. The fourth-order valence-electron chi connectivity index (χ4n) is 3.15. The molecular formula is C18H19N7O3. The summed E-state index contributed by atoms with van der Waals surface area (Å²) in [5.74, 6) is -0.758. The zero-order valence-corrected chi connectivity index (χ0v) is 15.4. The first kappa shape index (κ1) is 17.8. The molecule has 4 rings (SSSR count). The maximum Gasteiger partial charge on any atom is 0.397 e. The van der Waals surface area contributed by atoms with Crippen LogP contribution in [0.5, 0.6) is 0 Å². The van der Waals surface area contributed by atoms with Gasteiger partial charge in [-0.3, -0.25) is 4.79 Å². The van der Waals surface area contributed by atoms with Gasteiger partial charge in [0.2, 0.25) is 0 Å². The van der Waals surface area contributed by atoms with Crippen LogP contribution in [0.15, 0.2) is 36.7 Å². The molecule has 0 aliphatic carbocycles. The predicted molar refractivity (Wildman–Crippen MR) is 99.9 cm³/mol. The minimum Gasteiger partial charge on any atom is -0.459 e. The molecule has 28 heavy (non-hydrogen) atoms. The zero-order valence-electron chi connectivity index (χ0n) is 15.4. The first-order valence-corrected chi connectivity index (χ1v) is 9.02. The lowest BCUT2D eigenvalue weighted by Gasteiger charge is -2.34. The highest BCUT2D eigenvalue weighted by molar-refractivity contribution is 6.32. The number of ether oxygens (including phenoxy) is 1. The van der Waals surface area contributed by atoms with E-state index in [1.807, 2.05) is 35.2 Å². The predicted octanol–water partition coefficient (Wildman–Crippen LogP) is 0.422. The normalized spacial score (nSPS) is 14.3. The summed E-state index contributed by atoms with van der Waals surface area (Å²) in [5.41, 5.74) is 2.07. The molecule has 1 amide bonds. The first-order valence-electron chi connectivity index (χ1n) is 9.02. The minimum absolute atomic E-state index is 0.181. The van der Waals surface area contributed by atoms with Crippen LogP contribution in [0.25, 0.3) is 16.9 Å². The van der Waals surface area contributed by atoms with Crippen molar-refractivity contribution in [2.45, 2.75) is 6.92 Å². The maximum atomic E-state index is 12.1. The maximum absolute atomic E-state index is 12.1. The Morgan fingerprint density at radius 1 is 1.07 bits per heavy atom. The van der Waals surface area contributed by atoms with Gasteiger partial charge in [0.15, 0.2) is 17.0 Å². The van der Waals surface area contributed by atoms with Gasteiger partial charge < -0.3 is 14.5 Å². The van der Waals surface area contributed by atoms with Gasteiger partial charge in [0, 0.05) is 26.2 Å². The molecule has 1 aliphatic heterocycles. The first-order chi connectivity index (χ1) is 13.7. The molecule has 0 unspecified atom stereocenters.